The molecular formula is C19H30N2O7S. The van der Waals surface area contributed by atoms with E-state index in [0.717, 1.165) is 19.3 Å². The van der Waals surface area contributed by atoms with Crippen molar-refractivity contribution in [3.63, 3.8) is 0 Å². The Bertz CT molecular complexity index is 799. The molecule has 3 N–H and O–H groups in total. The maximum Gasteiger partial charge on any atom is 0.335 e. The van der Waals surface area contributed by atoms with Crippen molar-refractivity contribution in [1.82, 2.24) is 9.62 Å². The monoisotopic (exact) mass is 430 g/mol. The molecule has 0 radical (unpaired) electrons. The molecule has 1 heterocycles. The number of aliphatic hydroxyl groups is 1. The third-order valence-corrected chi connectivity index (χ3v) is 5.17. The number of nitrogens with one attached hydrogen (secondary N) is 1. The number of carboxylic acids is 1. The minimum absolute atomic E-state index is 0.0107. The van der Waals surface area contributed by atoms with Crippen molar-refractivity contribution >= 4 is 16.0 Å². The Balaban J connectivity index is 2.27. The molecule has 0 aromatic heterocycles. The third kappa shape index (κ3) is 8.27. The predicted molar refractivity (Wildman–Crippen MR) is 108 cm³/mol. The van der Waals surface area contributed by atoms with Gasteiger partial charge < -0.3 is 19.7 Å². The van der Waals surface area contributed by atoms with E-state index in [2.05, 4.69) is 9.62 Å². The highest BCUT2D eigenvalue weighted by molar-refractivity contribution is 7.88. The van der Waals surface area contributed by atoms with Gasteiger partial charge in [-0.2, -0.15) is 0 Å². The Morgan fingerprint density at radius 3 is 2.55 bits per heavy atom. The molecule has 2 rings (SSSR count). The molecule has 0 aliphatic carbocycles. The Morgan fingerprint density at radius 1 is 1.34 bits per heavy atom. The van der Waals surface area contributed by atoms with Crippen LogP contribution >= 0.6 is 0 Å². The Kier molecular flexibility index (Phi) is 8.01. The summed E-state index contributed by atoms with van der Waals surface area (Å²) in [6.45, 7) is 7.10. The van der Waals surface area contributed by atoms with E-state index >= 15 is 0 Å². The number of carboxylic acid groups (broad SMARTS) is 1. The van der Waals surface area contributed by atoms with Gasteiger partial charge in [0.15, 0.2) is 0 Å². The van der Waals surface area contributed by atoms with Crippen LogP contribution in [0.2, 0.25) is 0 Å². The average Bonchev–Trinajstić information content (AvgIpc) is 2.59. The van der Waals surface area contributed by atoms with Gasteiger partial charge in [0, 0.05) is 25.2 Å². The van der Waals surface area contributed by atoms with Crippen molar-refractivity contribution in [2.24, 2.45) is 0 Å². The Hall–Kier alpha value is -1.72. The van der Waals surface area contributed by atoms with Crippen LogP contribution in [0.25, 0.3) is 0 Å². The van der Waals surface area contributed by atoms with Gasteiger partial charge in [-0.3, -0.25) is 4.90 Å². The first-order valence-corrected chi connectivity index (χ1v) is 11.3. The van der Waals surface area contributed by atoms with Crippen molar-refractivity contribution < 1.29 is 32.9 Å². The second-order valence-electron chi connectivity index (χ2n) is 7.82. The maximum absolute atomic E-state index is 11.9. The topological polar surface area (TPSA) is 125 Å². The van der Waals surface area contributed by atoms with Gasteiger partial charge >= 0.3 is 5.97 Å². The smallest absolute Gasteiger partial charge is 0.335 e. The van der Waals surface area contributed by atoms with Crippen LogP contribution in [0.15, 0.2) is 18.2 Å². The first-order valence-electron chi connectivity index (χ1n) is 9.44. The molecule has 29 heavy (non-hydrogen) atoms. The standard InChI is InChI=1S/C19H30N2O7S/c1-19(2,24)13-16(20-29(3,25)26)15-12-14(18(22)23)4-5-17(15)28-11-8-21-6-9-27-10-7-21/h4-5,12,16,20,24H,6-11,13H2,1-3H3,(H,22,23). The van der Waals surface area contributed by atoms with Crippen LogP contribution in [0, 0.1) is 0 Å². The molecule has 9 nitrogen and oxygen atoms in total. The van der Waals surface area contributed by atoms with Gasteiger partial charge in [-0.05, 0) is 38.5 Å². The summed E-state index contributed by atoms with van der Waals surface area (Å²) in [4.78, 5) is 13.6. The van der Waals surface area contributed by atoms with Crippen molar-refractivity contribution in [1.29, 1.82) is 0 Å². The fraction of sp³-hybridized carbons (Fsp3) is 0.632. The average molecular weight is 431 g/mol. The number of hydrogen-bond acceptors (Lipinski definition) is 7. The zero-order valence-corrected chi connectivity index (χ0v) is 17.9. The predicted octanol–water partition coefficient (Wildman–Crippen LogP) is 0.847. The number of sulfonamides is 1. The summed E-state index contributed by atoms with van der Waals surface area (Å²) in [5.74, 6) is -0.749. The zero-order chi connectivity index (χ0) is 21.7. The van der Waals surface area contributed by atoms with E-state index in [9.17, 15) is 23.4 Å². The second kappa shape index (κ2) is 9.86. The van der Waals surface area contributed by atoms with Crippen LogP contribution in [0.1, 0.15) is 42.2 Å². The molecule has 1 aromatic rings. The molecule has 0 spiro atoms. The molecule has 164 valence electrons. The largest absolute Gasteiger partial charge is 0.492 e. The van der Waals surface area contributed by atoms with Crippen LogP contribution in [-0.2, 0) is 14.8 Å². The number of nitrogens with zero attached hydrogens (tertiary/aromatic N) is 1. The van der Waals surface area contributed by atoms with Gasteiger partial charge in [0.25, 0.3) is 0 Å². The summed E-state index contributed by atoms with van der Waals surface area (Å²) >= 11 is 0. The highest BCUT2D eigenvalue weighted by Gasteiger charge is 2.28. The number of ether oxygens (including phenoxy) is 2. The molecule has 1 aliphatic rings. The summed E-state index contributed by atoms with van der Waals surface area (Å²) in [6.07, 6.45) is 1.06. The number of aromatic carboxylic acids is 1. The fourth-order valence-corrected chi connectivity index (χ4v) is 3.89. The first kappa shape index (κ1) is 23.6. The van der Waals surface area contributed by atoms with E-state index in [1.807, 2.05) is 0 Å². The molecule has 10 heteroatoms. The minimum atomic E-state index is -3.62. The molecule has 1 saturated heterocycles. The molecule has 0 saturated carbocycles. The van der Waals surface area contributed by atoms with E-state index in [4.69, 9.17) is 9.47 Å². The maximum atomic E-state index is 11.9. The molecule has 1 atom stereocenters. The van der Waals surface area contributed by atoms with Crippen LogP contribution in [0.3, 0.4) is 0 Å². The van der Waals surface area contributed by atoms with Crippen LogP contribution < -0.4 is 9.46 Å². The van der Waals surface area contributed by atoms with Crippen molar-refractivity contribution in [3.8, 4) is 5.75 Å². The van der Waals surface area contributed by atoms with Gasteiger partial charge in [0.2, 0.25) is 10.0 Å². The van der Waals surface area contributed by atoms with Crippen molar-refractivity contribution in [2.45, 2.75) is 31.9 Å². The highest BCUT2D eigenvalue weighted by atomic mass is 32.2. The van der Waals surface area contributed by atoms with E-state index in [-0.39, 0.29) is 12.0 Å². The molecule has 1 unspecified atom stereocenters. The van der Waals surface area contributed by atoms with Gasteiger partial charge in [-0.25, -0.2) is 17.9 Å². The summed E-state index contributed by atoms with van der Waals surface area (Å²) in [7, 11) is -3.62. The molecule has 1 aromatic carbocycles. The number of morpholine rings is 1. The lowest BCUT2D eigenvalue weighted by Crippen LogP contribution is -2.38. The van der Waals surface area contributed by atoms with Gasteiger partial charge in [0.05, 0.1) is 36.7 Å². The molecule has 0 bridgehead atoms. The van der Waals surface area contributed by atoms with Gasteiger partial charge in [-0.15, -0.1) is 0 Å². The second-order valence-corrected chi connectivity index (χ2v) is 9.60. The number of rotatable bonds is 10. The van der Waals surface area contributed by atoms with Crippen LogP contribution in [0.5, 0.6) is 5.75 Å². The third-order valence-electron chi connectivity index (χ3n) is 4.46. The fourth-order valence-electron chi connectivity index (χ4n) is 3.17. The number of carbonyl (C=O) groups is 1. The SMILES string of the molecule is CC(C)(O)CC(NS(C)(=O)=O)c1cc(C(=O)O)ccc1OCCN1CCOCC1. The summed E-state index contributed by atoms with van der Waals surface area (Å²) in [5, 5.41) is 19.6. The minimum Gasteiger partial charge on any atom is -0.492 e. The Morgan fingerprint density at radius 2 is 2.00 bits per heavy atom. The van der Waals surface area contributed by atoms with E-state index in [1.54, 1.807) is 13.8 Å². The van der Waals surface area contributed by atoms with Crippen LogP contribution in [-0.4, -0.2) is 80.8 Å². The molecular weight excluding hydrogens is 400 g/mol. The van der Waals surface area contributed by atoms with Crippen molar-refractivity contribution in [3.05, 3.63) is 29.3 Å². The summed E-state index contributed by atoms with van der Waals surface area (Å²) < 4.78 is 37.5. The highest BCUT2D eigenvalue weighted by Crippen LogP contribution is 2.32. The van der Waals surface area contributed by atoms with Crippen molar-refractivity contribution in [2.75, 3.05) is 45.7 Å². The number of hydrogen-bond donors (Lipinski definition) is 3. The van der Waals surface area contributed by atoms with E-state index < -0.39 is 27.6 Å². The van der Waals surface area contributed by atoms with E-state index in [1.165, 1.54) is 18.2 Å². The lowest BCUT2D eigenvalue weighted by atomic mass is 9.93. The van der Waals surface area contributed by atoms with Gasteiger partial charge in [0.1, 0.15) is 12.4 Å². The molecule has 1 fully saturated rings. The van der Waals surface area contributed by atoms with E-state index in [0.29, 0.717) is 37.7 Å². The van der Waals surface area contributed by atoms with Gasteiger partial charge in [-0.1, -0.05) is 0 Å². The lowest BCUT2D eigenvalue weighted by Gasteiger charge is -2.28. The Labute approximate surface area is 171 Å². The van der Waals surface area contributed by atoms with Crippen LogP contribution in [0.4, 0.5) is 0 Å². The summed E-state index contributed by atoms with van der Waals surface area (Å²) in [6, 6.07) is 3.49. The molecule has 0 amide bonds. The lowest BCUT2D eigenvalue weighted by molar-refractivity contribution is 0.0321. The molecule has 1 aliphatic heterocycles. The normalized spacial score (nSPS) is 17.1. The first-order chi connectivity index (χ1) is 13.4. The summed E-state index contributed by atoms with van der Waals surface area (Å²) in [5.41, 5.74) is -0.803. The zero-order valence-electron chi connectivity index (χ0n) is 17.1. The number of benzene rings is 1. The quantitative estimate of drug-likeness (QED) is 0.499.